The molecule has 1 fully saturated rings. The first-order valence-electron chi connectivity index (χ1n) is 11.0. The molecule has 0 spiro atoms. The van der Waals surface area contributed by atoms with Crippen LogP contribution < -0.4 is 4.90 Å². The predicted octanol–water partition coefficient (Wildman–Crippen LogP) is 6.42. The molecule has 0 unspecified atom stereocenters. The van der Waals surface area contributed by atoms with Gasteiger partial charge in [-0.15, -0.1) is 0 Å². The van der Waals surface area contributed by atoms with Crippen LogP contribution in [-0.4, -0.2) is 35.1 Å². The summed E-state index contributed by atoms with van der Waals surface area (Å²) in [5, 5.41) is 0.761. The number of rotatable bonds is 4. The van der Waals surface area contributed by atoms with Gasteiger partial charge in [-0.1, -0.05) is 38.1 Å². The Morgan fingerprint density at radius 2 is 1.94 bits per heavy atom. The van der Waals surface area contributed by atoms with Crippen molar-refractivity contribution in [3.63, 3.8) is 0 Å². The zero-order valence-electron chi connectivity index (χ0n) is 19.1. The lowest BCUT2D eigenvalue weighted by Crippen LogP contribution is -2.45. The highest BCUT2D eigenvalue weighted by atomic mass is 32.2. The number of amidine groups is 1. The van der Waals surface area contributed by atoms with E-state index in [0.717, 1.165) is 34.2 Å². The minimum absolute atomic E-state index is 0.0468. The molecule has 0 radical (unpaired) electrons. The molecular weight excluding hydrogens is 402 g/mol. The molecule has 0 saturated carbocycles. The van der Waals surface area contributed by atoms with Crippen molar-refractivity contribution in [1.82, 2.24) is 4.90 Å². The van der Waals surface area contributed by atoms with E-state index in [1.807, 2.05) is 36.4 Å². The third-order valence-corrected chi connectivity index (χ3v) is 7.28. The number of hydrogen-bond acceptors (Lipinski definition) is 4. The van der Waals surface area contributed by atoms with Gasteiger partial charge in [-0.25, -0.2) is 4.99 Å². The van der Waals surface area contributed by atoms with Crippen molar-refractivity contribution >= 4 is 40.3 Å². The monoisotopic (exact) mass is 433 g/mol. The Balaban J connectivity index is 1.67. The fraction of sp³-hybridized carbons (Fsp3) is 0.385. The van der Waals surface area contributed by atoms with Gasteiger partial charge in [0.25, 0.3) is 5.91 Å². The van der Waals surface area contributed by atoms with E-state index in [1.54, 1.807) is 4.90 Å². The van der Waals surface area contributed by atoms with Crippen molar-refractivity contribution in [3.8, 4) is 0 Å². The van der Waals surface area contributed by atoms with E-state index >= 15 is 0 Å². The fourth-order valence-corrected chi connectivity index (χ4v) is 5.49. The normalized spacial score (nSPS) is 23.0. The first kappa shape index (κ1) is 21.7. The molecule has 0 N–H and O–H groups in total. The van der Waals surface area contributed by atoms with Gasteiger partial charge in [-0.2, -0.15) is 0 Å². The van der Waals surface area contributed by atoms with Crippen molar-refractivity contribution in [2.24, 2.45) is 4.99 Å². The Morgan fingerprint density at radius 3 is 2.65 bits per heavy atom. The molecule has 2 aliphatic heterocycles. The zero-order chi connectivity index (χ0) is 22.2. The van der Waals surface area contributed by atoms with Crippen LogP contribution in [0, 0.1) is 0 Å². The molecule has 0 aromatic heterocycles. The van der Waals surface area contributed by atoms with Crippen LogP contribution in [0.1, 0.15) is 57.6 Å². The molecule has 31 heavy (non-hydrogen) atoms. The maximum Gasteiger partial charge on any atom is 0.266 e. The first-order chi connectivity index (χ1) is 14.8. The van der Waals surface area contributed by atoms with Gasteiger partial charge in [0.05, 0.1) is 10.6 Å². The number of benzene rings is 2. The Morgan fingerprint density at radius 1 is 1.19 bits per heavy atom. The highest BCUT2D eigenvalue weighted by Gasteiger charge is 2.35. The summed E-state index contributed by atoms with van der Waals surface area (Å²) in [5.41, 5.74) is 4.73. The van der Waals surface area contributed by atoms with E-state index in [-0.39, 0.29) is 11.4 Å². The van der Waals surface area contributed by atoms with Gasteiger partial charge >= 0.3 is 0 Å². The van der Waals surface area contributed by atoms with E-state index in [4.69, 9.17) is 4.99 Å². The topological polar surface area (TPSA) is 35.9 Å². The summed E-state index contributed by atoms with van der Waals surface area (Å²) in [6.45, 7) is 9.66. The Bertz CT molecular complexity index is 1040. The van der Waals surface area contributed by atoms with Gasteiger partial charge in [0.2, 0.25) is 0 Å². The van der Waals surface area contributed by atoms with E-state index in [2.05, 4.69) is 57.8 Å². The number of amides is 1. The minimum Gasteiger partial charge on any atom is -0.369 e. The number of para-hydroxylation sites is 1. The van der Waals surface area contributed by atoms with Gasteiger partial charge < -0.3 is 4.90 Å². The number of hydrogen-bond donors (Lipinski definition) is 0. The number of anilines is 1. The van der Waals surface area contributed by atoms with E-state index in [9.17, 15) is 4.79 Å². The molecule has 4 rings (SSSR count). The molecule has 162 valence electrons. The number of carbonyl (C=O) groups excluding carboxylic acids is 1. The highest BCUT2D eigenvalue weighted by Crippen LogP contribution is 2.43. The first-order valence-corrected chi connectivity index (χ1v) is 11.8. The lowest BCUT2D eigenvalue weighted by Gasteiger charge is -2.45. The third kappa shape index (κ3) is 4.29. The van der Waals surface area contributed by atoms with Crippen molar-refractivity contribution in [2.45, 2.75) is 52.0 Å². The molecule has 5 heteroatoms. The smallest absolute Gasteiger partial charge is 0.266 e. The Hall–Kier alpha value is -2.53. The summed E-state index contributed by atoms with van der Waals surface area (Å²) >= 11 is 1.47. The number of aliphatic imine (C=N–C) groups is 1. The standard InChI is InChI=1S/C26H31N3OS/c1-6-14-29-24(30)23(31-25(29)27-20-10-8-7-9-11-20)16-19-12-13-22-21(15-19)18(2)17-26(3,4)28(22)5/h7-13,15-16,18H,6,14,17H2,1-5H3/b23-16-,27-25?/t18-/m1/s1. The molecule has 0 bridgehead atoms. The summed E-state index contributed by atoms with van der Waals surface area (Å²) in [4.78, 5) is 22.8. The number of carbonyl (C=O) groups is 1. The molecular formula is C26H31N3OS. The maximum atomic E-state index is 13.1. The molecule has 2 aromatic carbocycles. The number of fused-ring (bicyclic) bond motifs is 1. The number of thioether (sulfide) groups is 1. The van der Waals surface area contributed by atoms with Gasteiger partial charge in [-0.05, 0) is 85.8 Å². The predicted molar refractivity (Wildman–Crippen MR) is 133 cm³/mol. The van der Waals surface area contributed by atoms with E-state index < -0.39 is 0 Å². The highest BCUT2D eigenvalue weighted by molar-refractivity contribution is 8.18. The largest absolute Gasteiger partial charge is 0.369 e. The van der Waals surface area contributed by atoms with Gasteiger partial charge in [0, 0.05) is 24.8 Å². The summed E-state index contributed by atoms with van der Waals surface area (Å²) in [6.07, 6.45) is 4.03. The second-order valence-electron chi connectivity index (χ2n) is 9.09. The van der Waals surface area contributed by atoms with Crippen LogP contribution in [0.5, 0.6) is 0 Å². The van der Waals surface area contributed by atoms with Gasteiger partial charge in [-0.3, -0.25) is 9.69 Å². The average molecular weight is 434 g/mol. The van der Waals surface area contributed by atoms with Crippen LogP contribution in [0.3, 0.4) is 0 Å². The zero-order valence-corrected chi connectivity index (χ0v) is 19.9. The number of nitrogens with zero attached hydrogens (tertiary/aromatic N) is 3. The van der Waals surface area contributed by atoms with Crippen LogP contribution >= 0.6 is 11.8 Å². The Labute approximate surface area is 190 Å². The van der Waals surface area contributed by atoms with E-state index in [0.29, 0.717) is 12.5 Å². The maximum absolute atomic E-state index is 13.1. The summed E-state index contributed by atoms with van der Waals surface area (Å²) in [7, 11) is 2.17. The second kappa shape index (κ2) is 8.54. The molecule has 1 atom stereocenters. The van der Waals surface area contributed by atoms with Gasteiger partial charge in [0.1, 0.15) is 0 Å². The van der Waals surface area contributed by atoms with Crippen LogP contribution in [0.25, 0.3) is 6.08 Å². The van der Waals surface area contributed by atoms with Crippen molar-refractivity contribution < 1.29 is 4.79 Å². The van der Waals surface area contributed by atoms with Crippen molar-refractivity contribution in [1.29, 1.82) is 0 Å². The average Bonchev–Trinajstić information content (AvgIpc) is 3.02. The van der Waals surface area contributed by atoms with Gasteiger partial charge in [0.15, 0.2) is 5.17 Å². The summed E-state index contributed by atoms with van der Waals surface area (Å²) < 4.78 is 0. The molecule has 0 aliphatic carbocycles. The molecule has 2 aliphatic rings. The summed E-state index contributed by atoms with van der Waals surface area (Å²) in [5.74, 6) is 0.531. The molecule has 1 amide bonds. The van der Waals surface area contributed by atoms with Crippen molar-refractivity contribution in [2.75, 3.05) is 18.5 Å². The van der Waals surface area contributed by atoms with E-state index in [1.165, 1.54) is 23.0 Å². The summed E-state index contributed by atoms with van der Waals surface area (Å²) in [6, 6.07) is 16.4. The fourth-order valence-electron chi connectivity index (χ4n) is 4.46. The minimum atomic E-state index is 0.0468. The SMILES string of the molecule is CCCN1C(=O)/C(=C/c2ccc3c(c2)[C@H](C)CC(C)(C)N3C)SC1=Nc1ccccc1. The lowest BCUT2D eigenvalue weighted by atomic mass is 9.80. The molecule has 2 aromatic rings. The molecule has 2 heterocycles. The lowest BCUT2D eigenvalue weighted by molar-refractivity contribution is -0.122. The van der Waals surface area contributed by atoms with Crippen molar-refractivity contribution in [3.05, 3.63) is 64.6 Å². The van der Waals surface area contributed by atoms with Crippen LogP contribution in [0.2, 0.25) is 0 Å². The molecule has 1 saturated heterocycles. The van der Waals surface area contributed by atoms with Crippen LogP contribution in [0.15, 0.2) is 58.4 Å². The van der Waals surface area contributed by atoms with Crippen LogP contribution in [0.4, 0.5) is 11.4 Å². The third-order valence-electron chi connectivity index (χ3n) is 6.27. The molecule has 4 nitrogen and oxygen atoms in total. The van der Waals surface area contributed by atoms with Crippen LogP contribution in [-0.2, 0) is 4.79 Å². The second-order valence-corrected chi connectivity index (χ2v) is 10.1. The quantitative estimate of drug-likeness (QED) is 0.522. The Kier molecular flexibility index (Phi) is 5.98.